The summed E-state index contributed by atoms with van der Waals surface area (Å²) in [6.45, 7) is 1.70. The smallest absolute Gasteiger partial charge is 0.246 e. The second-order valence-electron chi connectivity index (χ2n) is 8.41. The van der Waals surface area contributed by atoms with Gasteiger partial charge in [0, 0.05) is 38.9 Å². The van der Waals surface area contributed by atoms with Gasteiger partial charge >= 0.3 is 0 Å². The van der Waals surface area contributed by atoms with Crippen LogP contribution in [0.25, 0.3) is 11.0 Å². The van der Waals surface area contributed by atoms with Crippen LogP contribution < -0.4 is 19.7 Å². The Labute approximate surface area is 203 Å². The van der Waals surface area contributed by atoms with E-state index in [1.165, 1.54) is 7.11 Å². The summed E-state index contributed by atoms with van der Waals surface area (Å²) in [5, 5.41) is 2.82. The number of benzene rings is 2. The molecule has 1 aliphatic heterocycles. The summed E-state index contributed by atoms with van der Waals surface area (Å²) < 4.78 is 15.9. The molecule has 0 spiro atoms. The molecule has 2 unspecified atom stereocenters. The molecule has 0 bridgehead atoms. The fourth-order valence-corrected chi connectivity index (χ4v) is 4.46. The molecule has 1 aromatic heterocycles. The predicted molar refractivity (Wildman–Crippen MR) is 133 cm³/mol. The lowest BCUT2D eigenvalue weighted by Crippen LogP contribution is -2.55. The molecule has 1 aliphatic rings. The number of nitrogens with one attached hydrogen (secondary N) is 2. The number of H-pyrrole nitrogens is 1. The second kappa shape index (κ2) is 9.75. The summed E-state index contributed by atoms with van der Waals surface area (Å²) in [6.07, 6.45) is 0. The number of aromatic nitrogens is 2. The molecular weight excluding hydrogens is 450 g/mol. The normalized spacial score (nSPS) is 21.1. The van der Waals surface area contributed by atoms with E-state index in [2.05, 4.69) is 20.3 Å². The first kappa shape index (κ1) is 24.2. The zero-order valence-corrected chi connectivity index (χ0v) is 20.4. The van der Waals surface area contributed by atoms with Gasteiger partial charge in [-0.25, -0.2) is 4.98 Å². The van der Waals surface area contributed by atoms with Gasteiger partial charge in [-0.2, -0.15) is 0 Å². The number of amides is 1. The third kappa shape index (κ3) is 4.32. The monoisotopic (exact) mass is 479 g/mol. The Morgan fingerprint density at radius 2 is 1.86 bits per heavy atom. The molecule has 0 saturated carbocycles. The van der Waals surface area contributed by atoms with E-state index < -0.39 is 11.5 Å². The maximum Gasteiger partial charge on any atom is 0.246 e. The van der Waals surface area contributed by atoms with Crippen LogP contribution in [0.3, 0.4) is 0 Å². The fraction of sp³-hybridized carbons (Fsp3) is 0.360. The average Bonchev–Trinajstić information content (AvgIpc) is 3.39. The van der Waals surface area contributed by atoms with Crippen molar-refractivity contribution in [3.05, 3.63) is 48.3 Å². The number of nitrogens with zero attached hydrogens (tertiary/aromatic N) is 3. The molecule has 1 saturated heterocycles. The summed E-state index contributed by atoms with van der Waals surface area (Å²) >= 11 is 0. The van der Waals surface area contributed by atoms with Crippen LogP contribution in [0.5, 0.6) is 11.5 Å². The van der Waals surface area contributed by atoms with Gasteiger partial charge in [-0.15, -0.1) is 0 Å². The number of aliphatic imine (C=N–C) groups is 1. The lowest BCUT2D eigenvalue weighted by molar-refractivity contribution is -0.126. The standard InChI is InChI=1S/C25H29N5O5/c1-25(14-27-20(31)13-33-3)22(32)21(23-28-18-8-6-7-9-19(18)29-23)24(26-2)30(25)15-10-16(34-4)12-17(11-15)35-5/h6-12,21H,13-14H2,1-5H3,(H,27,31)(H,28,29). The number of fused-ring (bicyclic) bond motifs is 1. The molecule has 2 atom stereocenters. The van der Waals surface area contributed by atoms with Crippen molar-refractivity contribution >= 4 is 34.2 Å². The predicted octanol–water partition coefficient (Wildman–Crippen LogP) is 2.30. The van der Waals surface area contributed by atoms with Gasteiger partial charge in [0.25, 0.3) is 0 Å². The highest BCUT2D eigenvalue weighted by Gasteiger charge is 2.56. The number of methoxy groups -OCH3 is 3. The Hall–Kier alpha value is -3.92. The van der Waals surface area contributed by atoms with E-state index in [4.69, 9.17) is 14.2 Å². The van der Waals surface area contributed by atoms with Gasteiger partial charge < -0.3 is 29.4 Å². The molecule has 2 heterocycles. The minimum Gasteiger partial charge on any atom is -0.497 e. The molecule has 3 aromatic rings. The number of hydrogen-bond donors (Lipinski definition) is 2. The number of hydrogen-bond acceptors (Lipinski definition) is 7. The van der Waals surface area contributed by atoms with Gasteiger partial charge in [-0.05, 0) is 19.1 Å². The topological polar surface area (TPSA) is 118 Å². The van der Waals surface area contributed by atoms with Crippen molar-refractivity contribution in [2.24, 2.45) is 4.99 Å². The second-order valence-corrected chi connectivity index (χ2v) is 8.41. The summed E-state index contributed by atoms with van der Waals surface area (Å²) in [4.78, 5) is 40.7. The fourth-order valence-electron chi connectivity index (χ4n) is 4.46. The number of ether oxygens (including phenoxy) is 3. The first-order chi connectivity index (χ1) is 16.9. The number of para-hydroxylation sites is 2. The molecule has 184 valence electrons. The number of anilines is 1. The van der Waals surface area contributed by atoms with Crippen LogP contribution in [0, 0.1) is 0 Å². The molecule has 4 rings (SSSR count). The van der Waals surface area contributed by atoms with Crippen LogP contribution >= 0.6 is 0 Å². The number of ketones is 1. The zero-order chi connectivity index (χ0) is 25.2. The van der Waals surface area contributed by atoms with Gasteiger partial charge in [0.1, 0.15) is 41.2 Å². The minimum absolute atomic E-state index is 0.0311. The Kier molecular flexibility index (Phi) is 6.74. The van der Waals surface area contributed by atoms with E-state index in [0.717, 1.165) is 11.0 Å². The summed E-state index contributed by atoms with van der Waals surface area (Å²) in [5.74, 6) is 0.842. The Morgan fingerprint density at radius 1 is 1.17 bits per heavy atom. The van der Waals surface area contributed by atoms with Crippen LogP contribution in [0.15, 0.2) is 47.5 Å². The van der Waals surface area contributed by atoms with Crippen molar-refractivity contribution in [2.45, 2.75) is 18.4 Å². The molecule has 10 nitrogen and oxygen atoms in total. The number of amidine groups is 1. The van der Waals surface area contributed by atoms with Crippen molar-refractivity contribution in [1.82, 2.24) is 15.3 Å². The number of carbonyl (C=O) groups is 2. The van der Waals surface area contributed by atoms with Gasteiger partial charge in [-0.1, -0.05) is 12.1 Å². The van der Waals surface area contributed by atoms with Gasteiger partial charge in [0.15, 0.2) is 5.78 Å². The minimum atomic E-state index is -1.18. The molecular formula is C25H29N5O5. The van der Waals surface area contributed by atoms with Crippen LogP contribution in [-0.4, -0.2) is 74.6 Å². The third-order valence-electron chi connectivity index (χ3n) is 6.18. The van der Waals surface area contributed by atoms with Crippen LogP contribution in [0.1, 0.15) is 18.7 Å². The van der Waals surface area contributed by atoms with Gasteiger partial charge in [-0.3, -0.25) is 14.6 Å². The van der Waals surface area contributed by atoms with Gasteiger partial charge in [0.2, 0.25) is 5.91 Å². The van der Waals surface area contributed by atoms with Crippen molar-refractivity contribution < 1.29 is 23.8 Å². The maximum absolute atomic E-state index is 14.1. The SMILES string of the molecule is CN=C1C(c2nc3ccccc3[nH]2)C(=O)C(C)(CNC(=O)COC)N1c1cc(OC)cc(OC)c1. The molecule has 2 N–H and O–H groups in total. The van der Waals surface area contributed by atoms with E-state index >= 15 is 0 Å². The highest BCUT2D eigenvalue weighted by Crippen LogP contribution is 2.42. The largest absolute Gasteiger partial charge is 0.497 e. The zero-order valence-electron chi connectivity index (χ0n) is 20.4. The number of aromatic amines is 1. The van der Waals surface area contributed by atoms with E-state index in [1.54, 1.807) is 46.4 Å². The lowest BCUT2D eigenvalue weighted by atomic mass is 9.91. The highest BCUT2D eigenvalue weighted by molar-refractivity contribution is 6.27. The quantitative estimate of drug-likeness (QED) is 0.509. The summed E-state index contributed by atoms with van der Waals surface area (Å²) in [7, 11) is 6.20. The third-order valence-corrected chi connectivity index (χ3v) is 6.18. The number of carbonyl (C=O) groups excluding carboxylic acids is 2. The molecule has 0 aliphatic carbocycles. The van der Waals surface area contributed by atoms with Crippen LogP contribution in [0.2, 0.25) is 0 Å². The summed E-state index contributed by atoms with van der Waals surface area (Å²) in [5.41, 5.74) is 1.03. The lowest BCUT2D eigenvalue weighted by Gasteiger charge is -2.35. The molecule has 10 heteroatoms. The first-order valence-corrected chi connectivity index (χ1v) is 11.1. The molecule has 1 amide bonds. The first-order valence-electron chi connectivity index (χ1n) is 11.1. The Morgan fingerprint density at radius 3 is 2.46 bits per heavy atom. The number of imidazole rings is 1. The van der Waals surface area contributed by atoms with E-state index in [-0.39, 0.29) is 24.8 Å². The molecule has 0 radical (unpaired) electrons. The number of rotatable bonds is 8. The molecule has 2 aromatic carbocycles. The average molecular weight is 480 g/mol. The van der Waals surface area contributed by atoms with Crippen LogP contribution in [0.4, 0.5) is 5.69 Å². The molecule has 35 heavy (non-hydrogen) atoms. The Bertz CT molecular complexity index is 1230. The number of Topliss-reactive ketones (excluding diaryl/α,β-unsaturated/α-hetero) is 1. The Balaban J connectivity index is 1.86. The van der Waals surface area contributed by atoms with E-state index in [9.17, 15) is 9.59 Å². The molecule has 1 fully saturated rings. The van der Waals surface area contributed by atoms with Crippen molar-refractivity contribution in [3.8, 4) is 11.5 Å². The highest BCUT2D eigenvalue weighted by atomic mass is 16.5. The van der Waals surface area contributed by atoms with E-state index in [0.29, 0.717) is 28.8 Å². The van der Waals surface area contributed by atoms with Crippen molar-refractivity contribution in [3.63, 3.8) is 0 Å². The van der Waals surface area contributed by atoms with Gasteiger partial charge in [0.05, 0.1) is 30.9 Å². The van der Waals surface area contributed by atoms with Crippen LogP contribution in [-0.2, 0) is 14.3 Å². The maximum atomic E-state index is 14.1. The van der Waals surface area contributed by atoms with Crippen molar-refractivity contribution in [2.75, 3.05) is 46.4 Å². The van der Waals surface area contributed by atoms with E-state index in [1.807, 2.05) is 29.2 Å². The summed E-state index contributed by atoms with van der Waals surface area (Å²) in [6, 6.07) is 12.9. The van der Waals surface area contributed by atoms with Crippen molar-refractivity contribution in [1.29, 1.82) is 0 Å².